The lowest BCUT2D eigenvalue weighted by Crippen LogP contribution is -2.50. The monoisotopic (exact) mass is 327 g/mol. The molecule has 1 aromatic heterocycles. The summed E-state index contributed by atoms with van der Waals surface area (Å²) in [5, 5.41) is 8.15. The molecule has 2 atom stereocenters. The van der Waals surface area contributed by atoms with Gasteiger partial charge < -0.3 is 14.5 Å². The van der Waals surface area contributed by atoms with Crippen molar-refractivity contribution in [2.45, 2.75) is 25.2 Å². The van der Waals surface area contributed by atoms with Gasteiger partial charge in [-0.25, -0.2) is 4.68 Å². The fraction of sp³-hybridized carbons (Fsp3) is 0.471. The Morgan fingerprint density at radius 3 is 3.08 bits per heavy atom. The van der Waals surface area contributed by atoms with E-state index in [1.807, 2.05) is 52.8 Å². The van der Waals surface area contributed by atoms with Crippen molar-refractivity contribution >= 4 is 11.6 Å². The Morgan fingerprint density at radius 1 is 1.38 bits per heavy atom. The molecule has 0 N–H and O–H groups in total. The Bertz CT molecular complexity index is 757. The first kappa shape index (κ1) is 15.1. The van der Waals surface area contributed by atoms with Crippen LogP contribution in [0.5, 0.6) is 0 Å². The number of benzene rings is 1. The van der Waals surface area contributed by atoms with E-state index in [-0.39, 0.29) is 18.1 Å². The summed E-state index contributed by atoms with van der Waals surface area (Å²) in [4.78, 5) is 16.7. The number of rotatable bonds is 2. The van der Waals surface area contributed by atoms with Gasteiger partial charge in [0.1, 0.15) is 0 Å². The Kier molecular flexibility index (Phi) is 3.72. The molecule has 2 aliphatic heterocycles. The van der Waals surface area contributed by atoms with E-state index in [0.29, 0.717) is 19.7 Å². The highest BCUT2D eigenvalue weighted by Crippen LogP contribution is 2.31. The standard InChI is InChI=1S/C17H21N5O2/c1-20(2)13-5-3-4-12(8-13)17(23)21-7-6-15-16(10-21)24-11-14-9-18-19-22(14)15/h3-5,8-9,15-16H,6-7,10-11H2,1-2H3/t15-,16-/m0/s1. The lowest BCUT2D eigenvalue weighted by Gasteiger charge is -2.41. The molecule has 24 heavy (non-hydrogen) atoms. The third-order valence-corrected chi connectivity index (χ3v) is 4.83. The summed E-state index contributed by atoms with van der Waals surface area (Å²) in [6, 6.07) is 7.91. The van der Waals surface area contributed by atoms with E-state index in [0.717, 1.165) is 23.4 Å². The Balaban J connectivity index is 1.51. The van der Waals surface area contributed by atoms with Crippen LogP contribution in [0.15, 0.2) is 30.5 Å². The van der Waals surface area contributed by atoms with Crippen molar-refractivity contribution in [2.75, 3.05) is 32.1 Å². The topological polar surface area (TPSA) is 63.5 Å². The van der Waals surface area contributed by atoms with E-state index >= 15 is 0 Å². The van der Waals surface area contributed by atoms with Crippen LogP contribution in [-0.4, -0.2) is 59.1 Å². The van der Waals surface area contributed by atoms with Crippen LogP contribution in [0, 0.1) is 0 Å². The van der Waals surface area contributed by atoms with E-state index < -0.39 is 0 Å². The van der Waals surface area contributed by atoms with Gasteiger partial charge in [0.2, 0.25) is 0 Å². The molecule has 2 aromatic rings. The van der Waals surface area contributed by atoms with Gasteiger partial charge in [-0.05, 0) is 24.6 Å². The Hall–Kier alpha value is -2.41. The van der Waals surface area contributed by atoms with E-state index in [4.69, 9.17) is 4.74 Å². The molecule has 0 radical (unpaired) electrons. The Labute approximate surface area is 140 Å². The molecule has 2 aliphatic rings. The third-order valence-electron chi connectivity index (χ3n) is 4.83. The summed E-state index contributed by atoms with van der Waals surface area (Å²) < 4.78 is 7.90. The van der Waals surface area contributed by atoms with Crippen LogP contribution < -0.4 is 4.90 Å². The summed E-state index contributed by atoms with van der Waals surface area (Å²) in [6.07, 6.45) is 2.56. The molecule has 3 heterocycles. The molecule has 126 valence electrons. The maximum absolute atomic E-state index is 12.9. The van der Waals surface area contributed by atoms with E-state index in [1.54, 1.807) is 6.20 Å². The third kappa shape index (κ3) is 2.54. The minimum atomic E-state index is -0.0195. The molecule has 7 nitrogen and oxygen atoms in total. The van der Waals surface area contributed by atoms with Gasteiger partial charge in [0, 0.05) is 38.4 Å². The van der Waals surface area contributed by atoms with Crippen molar-refractivity contribution in [3.63, 3.8) is 0 Å². The quantitative estimate of drug-likeness (QED) is 0.833. The first-order valence-electron chi connectivity index (χ1n) is 8.21. The number of ether oxygens (including phenoxy) is 1. The fourth-order valence-corrected chi connectivity index (χ4v) is 3.47. The number of carbonyl (C=O) groups is 1. The van der Waals surface area contributed by atoms with Crippen molar-refractivity contribution in [3.05, 3.63) is 41.7 Å². The van der Waals surface area contributed by atoms with E-state index in [2.05, 4.69) is 10.3 Å². The molecule has 0 unspecified atom stereocenters. The van der Waals surface area contributed by atoms with Gasteiger partial charge in [-0.15, -0.1) is 5.10 Å². The number of likely N-dealkylation sites (tertiary alicyclic amines) is 1. The normalized spacial score (nSPS) is 22.7. The average molecular weight is 327 g/mol. The molecular weight excluding hydrogens is 306 g/mol. The van der Waals surface area contributed by atoms with Crippen LogP contribution in [0.3, 0.4) is 0 Å². The Morgan fingerprint density at radius 2 is 2.25 bits per heavy atom. The second-order valence-corrected chi connectivity index (χ2v) is 6.57. The second kappa shape index (κ2) is 5.90. The van der Waals surface area contributed by atoms with Crippen LogP contribution in [-0.2, 0) is 11.3 Å². The summed E-state index contributed by atoms with van der Waals surface area (Å²) >= 11 is 0. The number of fused-ring (bicyclic) bond motifs is 3. The van der Waals surface area contributed by atoms with E-state index in [9.17, 15) is 4.79 Å². The number of piperidine rings is 1. The van der Waals surface area contributed by atoms with Crippen LogP contribution in [0.4, 0.5) is 5.69 Å². The zero-order chi connectivity index (χ0) is 16.7. The van der Waals surface area contributed by atoms with Crippen molar-refractivity contribution < 1.29 is 9.53 Å². The highest BCUT2D eigenvalue weighted by atomic mass is 16.5. The number of hydrogen-bond donors (Lipinski definition) is 0. The predicted molar refractivity (Wildman–Crippen MR) is 88.9 cm³/mol. The van der Waals surface area contributed by atoms with Crippen LogP contribution >= 0.6 is 0 Å². The van der Waals surface area contributed by atoms with Crippen molar-refractivity contribution in [1.29, 1.82) is 0 Å². The maximum Gasteiger partial charge on any atom is 0.254 e. The predicted octanol–water partition coefficient (Wildman–Crippen LogP) is 1.33. The summed E-state index contributed by atoms with van der Waals surface area (Å²) in [7, 11) is 3.95. The molecule has 1 amide bonds. The lowest BCUT2D eigenvalue weighted by atomic mass is 9.99. The van der Waals surface area contributed by atoms with Gasteiger partial charge in [0.05, 0.1) is 30.6 Å². The molecule has 0 spiro atoms. The lowest BCUT2D eigenvalue weighted by molar-refractivity contribution is -0.0627. The number of amides is 1. The molecule has 1 aromatic carbocycles. The van der Waals surface area contributed by atoms with Gasteiger partial charge in [-0.2, -0.15) is 0 Å². The summed E-state index contributed by atoms with van der Waals surface area (Å²) in [5.41, 5.74) is 2.75. The van der Waals surface area contributed by atoms with Crippen molar-refractivity contribution in [3.8, 4) is 0 Å². The first-order valence-corrected chi connectivity index (χ1v) is 8.21. The molecule has 0 saturated carbocycles. The van der Waals surface area contributed by atoms with Crippen LogP contribution in [0.1, 0.15) is 28.5 Å². The van der Waals surface area contributed by atoms with Gasteiger partial charge in [0.25, 0.3) is 5.91 Å². The number of hydrogen-bond acceptors (Lipinski definition) is 5. The first-order chi connectivity index (χ1) is 11.6. The number of anilines is 1. The zero-order valence-electron chi connectivity index (χ0n) is 13.9. The summed E-state index contributed by atoms with van der Waals surface area (Å²) in [5.74, 6) is 0.0603. The molecule has 0 bridgehead atoms. The minimum absolute atomic E-state index is 0.0195. The number of aromatic nitrogens is 3. The van der Waals surface area contributed by atoms with Gasteiger partial charge in [0.15, 0.2) is 0 Å². The molecular formula is C17H21N5O2. The molecule has 1 fully saturated rings. The molecule has 4 rings (SSSR count). The average Bonchev–Trinajstić information content (AvgIpc) is 3.09. The fourth-order valence-electron chi connectivity index (χ4n) is 3.47. The van der Waals surface area contributed by atoms with Gasteiger partial charge >= 0.3 is 0 Å². The molecule has 1 saturated heterocycles. The SMILES string of the molecule is CN(C)c1cccc(C(=O)N2CC[C@H]3[C@H](C2)OCc2cnnn23)c1. The van der Waals surface area contributed by atoms with Crippen molar-refractivity contribution in [2.24, 2.45) is 0 Å². The molecule has 0 aliphatic carbocycles. The van der Waals surface area contributed by atoms with Gasteiger partial charge in [-0.3, -0.25) is 4.79 Å². The highest BCUT2D eigenvalue weighted by Gasteiger charge is 2.37. The highest BCUT2D eigenvalue weighted by molar-refractivity contribution is 5.95. The van der Waals surface area contributed by atoms with Crippen molar-refractivity contribution in [1.82, 2.24) is 19.9 Å². The largest absolute Gasteiger partial charge is 0.378 e. The minimum Gasteiger partial charge on any atom is -0.378 e. The smallest absolute Gasteiger partial charge is 0.254 e. The van der Waals surface area contributed by atoms with Gasteiger partial charge in [-0.1, -0.05) is 11.3 Å². The van der Waals surface area contributed by atoms with Crippen LogP contribution in [0.25, 0.3) is 0 Å². The summed E-state index contributed by atoms with van der Waals surface area (Å²) in [6.45, 7) is 1.80. The number of nitrogens with zero attached hydrogens (tertiary/aromatic N) is 5. The van der Waals surface area contributed by atoms with Crippen LogP contribution in [0.2, 0.25) is 0 Å². The maximum atomic E-state index is 12.9. The zero-order valence-corrected chi connectivity index (χ0v) is 13.9. The van der Waals surface area contributed by atoms with E-state index in [1.165, 1.54) is 0 Å². The molecule has 7 heteroatoms. The second-order valence-electron chi connectivity index (χ2n) is 6.57. The number of carbonyl (C=O) groups excluding carboxylic acids is 1.